The second kappa shape index (κ2) is 12.8. The van der Waals surface area contributed by atoms with Crippen molar-refractivity contribution in [3.05, 3.63) is 64.7 Å². The summed E-state index contributed by atoms with van der Waals surface area (Å²) < 4.78 is 21.9. The van der Waals surface area contributed by atoms with Crippen LogP contribution in [-0.2, 0) is 20.9 Å². The van der Waals surface area contributed by atoms with Crippen LogP contribution in [0.2, 0.25) is 0 Å². The highest BCUT2D eigenvalue weighted by molar-refractivity contribution is 7.99. The minimum atomic E-state index is -0.525. The number of para-hydroxylation sites is 1. The molecule has 0 bridgehead atoms. The molecule has 0 aliphatic rings. The number of thiophene rings is 1. The second-order valence-corrected chi connectivity index (χ2v) is 10.2. The Morgan fingerprint density at radius 3 is 2.70 bits per heavy atom. The van der Waals surface area contributed by atoms with E-state index in [0.717, 1.165) is 28.3 Å². The molecule has 0 spiro atoms. The van der Waals surface area contributed by atoms with E-state index in [9.17, 15) is 18.8 Å². The third kappa shape index (κ3) is 6.73. The molecule has 0 fully saturated rings. The molecule has 0 atom stereocenters. The van der Waals surface area contributed by atoms with E-state index in [1.54, 1.807) is 19.2 Å². The summed E-state index contributed by atoms with van der Waals surface area (Å²) in [5, 5.41) is 6.65. The molecule has 11 heteroatoms. The van der Waals surface area contributed by atoms with E-state index in [1.807, 2.05) is 24.3 Å². The average Bonchev–Trinajstić information content (AvgIpc) is 3.27. The highest BCUT2D eigenvalue weighted by atomic mass is 32.2. The summed E-state index contributed by atoms with van der Waals surface area (Å²) in [6.07, 6.45) is 1.41. The number of halogens is 1. The van der Waals surface area contributed by atoms with Crippen molar-refractivity contribution in [3.8, 4) is 0 Å². The van der Waals surface area contributed by atoms with E-state index in [4.69, 9.17) is 9.72 Å². The van der Waals surface area contributed by atoms with Crippen molar-refractivity contribution in [1.29, 1.82) is 0 Å². The van der Waals surface area contributed by atoms with Crippen LogP contribution in [0.15, 0.2) is 58.5 Å². The van der Waals surface area contributed by atoms with Crippen LogP contribution in [0.5, 0.6) is 0 Å². The van der Waals surface area contributed by atoms with Crippen LogP contribution < -0.4 is 16.2 Å². The zero-order valence-electron chi connectivity index (χ0n) is 20.3. The van der Waals surface area contributed by atoms with Crippen LogP contribution in [-0.4, -0.2) is 47.4 Å². The van der Waals surface area contributed by atoms with Gasteiger partial charge in [0, 0.05) is 43.3 Å². The average molecular weight is 543 g/mol. The van der Waals surface area contributed by atoms with Crippen molar-refractivity contribution in [2.45, 2.75) is 31.0 Å². The molecule has 0 aliphatic carbocycles. The second-order valence-electron chi connectivity index (χ2n) is 8.24. The molecule has 2 N–H and O–H groups in total. The Balaban J connectivity index is 1.52. The summed E-state index contributed by atoms with van der Waals surface area (Å²) in [5.41, 5.74) is 0.479. The van der Waals surface area contributed by atoms with Gasteiger partial charge < -0.3 is 15.4 Å². The van der Waals surface area contributed by atoms with Gasteiger partial charge in [0.15, 0.2) is 5.16 Å². The number of anilines is 1. The van der Waals surface area contributed by atoms with Gasteiger partial charge in [0.1, 0.15) is 10.5 Å². The van der Waals surface area contributed by atoms with Crippen molar-refractivity contribution >= 4 is 60.9 Å². The van der Waals surface area contributed by atoms with E-state index in [1.165, 1.54) is 28.0 Å². The lowest BCUT2D eigenvalue weighted by atomic mass is 10.2. The van der Waals surface area contributed by atoms with Crippen LogP contribution >= 0.6 is 23.1 Å². The maximum atomic E-state index is 13.9. The molecule has 37 heavy (non-hydrogen) atoms. The molecule has 2 aromatic heterocycles. The number of ether oxygens (including phenoxy) is 1. The van der Waals surface area contributed by atoms with E-state index < -0.39 is 11.7 Å². The fourth-order valence-corrected chi connectivity index (χ4v) is 5.68. The van der Waals surface area contributed by atoms with E-state index in [-0.39, 0.29) is 35.9 Å². The molecule has 0 saturated heterocycles. The molecule has 0 saturated carbocycles. The van der Waals surface area contributed by atoms with Crippen molar-refractivity contribution < 1.29 is 18.7 Å². The monoisotopic (exact) mass is 542 g/mol. The van der Waals surface area contributed by atoms with Crippen LogP contribution in [0.3, 0.4) is 0 Å². The van der Waals surface area contributed by atoms with Gasteiger partial charge in [-0.05, 0) is 31.0 Å². The number of nitrogens with one attached hydrogen (secondary N) is 2. The van der Waals surface area contributed by atoms with E-state index in [0.29, 0.717) is 34.9 Å². The number of carbonyl (C=O) groups is 2. The first-order valence-corrected chi connectivity index (χ1v) is 13.6. The minimum absolute atomic E-state index is 0.0612. The van der Waals surface area contributed by atoms with Crippen molar-refractivity contribution in [2.24, 2.45) is 0 Å². The fraction of sp³-hybridized carbons (Fsp3) is 0.308. The van der Waals surface area contributed by atoms with Gasteiger partial charge >= 0.3 is 0 Å². The SMILES string of the molecule is COCCCNC(=O)CCCn1c(SCC(=O)Nc2ccccc2F)nc2c(sc3ccccc32)c1=O. The van der Waals surface area contributed by atoms with Crippen molar-refractivity contribution in [1.82, 2.24) is 14.9 Å². The summed E-state index contributed by atoms with van der Waals surface area (Å²) in [7, 11) is 1.61. The fourth-order valence-electron chi connectivity index (χ4n) is 3.77. The standard InChI is InChI=1S/C26H27FN4O4S2/c1-35-15-7-13-28-21(32)12-6-14-31-25(34)24-23(17-8-2-5-11-20(17)37-24)30-26(31)36-16-22(33)29-19-10-4-3-9-18(19)27/h2-5,8-11H,6-7,12-16H2,1H3,(H,28,32)(H,29,33). The highest BCUT2D eigenvalue weighted by Gasteiger charge is 2.18. The smallest absolute Gasteiger partial charge is 0.272 e. The molecule has 2 amide bonds. The predicted octanol–water partition coefficient (Wildman–Crippen LogP) is 4.41. The Labute approximate surface area is 221 Å². The first-order valence-electron chi connectivity index (χ1n) is 11.8. The summed E-state index contributed by atoms with van der Waals surface area (Å²) in [4.78, 5) is 42.9. The number of carbonyl (C=O) groups excluding carboxylic acids is 2. The van der Waals surface area contributed by atoms with Gasteiger partial charge in [-0.1, -0.05) is 42.1 Å². The molecular formula is C26H27FN4O4S2. The number of methoxy groups -OCH3 is 1. The zero-order valence-corrected chi connectivity index (χ0v) is 21.9. The third-order valence-corrected chi connectivity index (χ3v) is 7.68. The lowest BCUT2D eigenvalue weighted by Crippen LogP contribution is -2.27. The number of thioether (sulfide) groups is 1. The maximum absolute atomic E-state index is 13.9. The normalized spacial score (nSPS) is 11.2. The molecular weight excluding hydrogens is 515 g/mol. The minimum Gasteiger partial charge on any atom is -0.385 e. The van der Waals surface area contributed by atoms with Crippen LogP contribution in [0.25, 0.3) is 20.3 Å². The maximum Gasteiger partial charge on any atom is 0.272 e. The lowest BCUT2D eigenvalue weighted by molar-refractivity contribution is -0.121. The van der Waals surface area contributed by atoms with Gasteiger partial charge in [-0.2, -0.15) is 0 Å². The van der Waals surface area contributed by atoms with Crippen molar-refractivity contribution in [2.75, 3.05) is 31.3 Å². The Bertz CT molecular complexity index is 1470. The van der Waals surface area contributed by atoms with Gasteiger partial charge in [-0.3, -0.25) is 19.0 Å². The van der Waals surface area contributed by atoms with Gasteiger partial charge in [0.2, 0.25) is 11.8 Å². The number of rotatable bonds is 12. The van der Waals surface area contributed by atoms with Gasteiger partial charge in [-0.15, -0.1) is 11.3 Å². The number of hydrogen-bond donors (Lipinski definition) is 2. The molecule has 2 aromatic carbocycles. The molecule has 2 heterocycles. The molecule has 4 rings (SSSR count). The topological polar surface area (TPSA) is 102 Å². The number of aromatic nitrogens is 2. The predicted molar refractivity (Wildman–Crippen MR) is 146 cm³/mol. The Morgan fingerprint density at radius 1 is 1.11 bits per heavy atom. The van der Waals surface area contributed by atoms with Crippen LogP contribution in [0, 0.1) is 5.82 Å². The molecule has 194 valence electrons. The molecule has 8 nitrogen and oxygen atoms in total. The number of benzene rings is 2. The van der Waals surface area contributed by atoms with Crippen molar-refractivity contribution in [3.63, 3.8) is 0 Å². The summed E-state index contributed by atoms with van der Waals surface area (Å²) in [6.45, 7) is 1.38. The third-order valence-electron chi connectivity index (χ3n) is 5.56. The molecule has 0 aliphatic heterocycles. The van der Waals surface area contributed by atoms with Crippen LogP contribution in [0.4, 0.5) is 10.1 Å². The largest absolute Gasteiger partial charge is 0.385 e. The zero-order chi connectivity index (χ0) is 26.2. The van der Waals surface area contributed by atoms with Gasteiger partial charge in [0.25, 0.3) is 5.56 Å². The molecule has 0 unspecified atom stereocenters. The van der Waals surface area contributed by atoms with Gasteiger partial charge in [0.05, 0.1) is 17.0 Å². The quantitative estimate of drug-likeness (QED) is 0.156. The van der Waals surface area contributed by atoms with E-state index in [2.05, 4.69) is 10.6 Å². The first-order chi connectivity index (χ1) is 18.0. The lowest BCUT2D eigenvalue weighted by Gasteiger charge is -2.12. The highest BCUT2D eigenvalue weighted by Crippen LogP contribution is 2.32. The molecule has 0 radical (unpaired) electrons. The van der Waals surface area contributed by atoms with Gasteiger partial charge in [-0.25, -0.2) is 9.37 Å². The number of hydrogen-bond acceptors (Lipinski definition) is 7. The number of fused-ring (bicyclic) bond motifs is 3. The Morgan fingerprint density at radius 2 is 1.89 bits per heavy atom. The summed E-state index contributed by atoms with van der Waals surface area (Å²) in [5.74, 6) is -1.10. The van der Waals surface area contributed by atoms with Crippen LogP contribution in [0.1, 0.15) is 19.3 Å². The first kappa shape index (κ1) is 26.8. The number of nitrogens with zero attached hydrogens (tertiary/aromatic N) is 2. The summed E-state index contributed by atoms with van der Waals surface area (Å²) in [6, 6.07) is 13.6. The Kier molecular flexibility index (Phi) is 9.26. The van der Waals surface area contributed by atoms with E-state index >= 15 is 0 Å². The summed E-state index contributed by atoms with van der Waals surface area (Å²) >= 11 is 2.48. The molecule has 4 aromatic rings. The number of amides is 2. The Hall–Kier alpha value is -3.28.